The van der Waals surface area contributed by atoms with Crippen LogP contribution in [0.2, 0.25) is 10.0 Å². The van der Waals surface area contributed by atoms with Crippen molar-refractivity contribution in [2.45, 2.75) is 24.7 Å². The van der Waals surface area contributed by atoms with Crippen molar-refractivity contribution in [3.8, 4) is 0 Å². The quantitative estimate of drug-likeness (QED) is 0.285. The van der Waals surface area contributed by atoms with Crippen molar-refractivity contribution < 1.29 is 22.4 Å². The second-order valence-corrected chi connectivity index (χ2v) is 8.37. The Balaban J connectivity index is 1.84. The van der Waals surface area contributed by atoms with Crippen molar-refractivity contribution in [3.63, 3.8) is 0 Å². The summed E-state index contributed by atoms with van der Waals surface area (Å²) in [5, 5.41) is 0.168. The molecule has 1 aliphatic rings. The highest BCUT2D eigenvalue weighted by molar-refractivity contribution is 6.62. The Kier molecular flexibility index (Phi) is 6.87. The van der Waals surface area contributed by atoms with Crippen molar-refractivity contribution in [3.05, 3.63) is 69.0 Å². The van der Waals surface area contributed by atoms with Gasteiger partial charge in [0.1, 0.15) is 5.82 Å². The van der Waals surface area contributed by atoms with E-state index in [-0.39, 0.29) is 18.5 Å². The lowest BCUT2D eigenvalue weighted by Crippen LogP contribution is -2.37. The molecule has 0 N–H and O–H groups in total. The summed E-state index contributed by atoms with van der Waals surface area (Å²) in [5.74, 6) is -1.48. The number of halogens is 7. The number of rotatable bonds is 4. The van der Waals surface area contributed by atoms with E-state index >= 15 is 0 Å². The number of hydrogen-bond donors (Lipinski definition) is 0. The number of nitrogens with zero attached hydrogens (tertiary/aromatic N) is 2. The molecule has 0 unspecified atom stereocenters. The third-order valence-corrected chi connectivity index (χ3v) is 6.22. The maximum absolute atomic E-state index is 13.9. The van der Waals surface area contributed by atoms with Gasteiger partial charge in [-0.25, -0.2) is 4.39 Å². The van der Waals surface area contributed by atoms with Crippen LogP contribution in [-0.2, 0) is 12.7 Å². The second-order valence-electron chi connectivity index (χ2n) is 7.23. The Morgan fingerprint density at radius 3 is 2.40 bits per heavy atom. The Morgan fingerprint density at radius 1 is 1.13 bits per heavy atom. The summed E-state index contributed by atoms with van der Waals surface area (Å²) in [5.41, 5.74) is -0.0748. The predicted molar refractivity (Wildman–Crippen MR) is 109 cm³/mol. The number of alkyl halides is 3. The molecule has 1 aliphatic heterocycles. The van der Waals surface area contributed by atoms with Crippen LogP contribution >= 0.6 is 34.8 Å². The number of likely N-dealkylation sites (N-methyl/N-ethyl adjacent to an activating group) is 1. The van der Waals surface area contributed by atoms with E-state index in [1.807, 2.05) is 4.90 Å². The zero-order valence-electron chi connectivity index (χ0n) is 15.7. The van der Waals surface area contributed by atoms with Crippen LogP contribution < -0.4 is 0 Å². The minimum Gasteiger partial charge on any atom is -0.327 e. The zero-order valence-corrected chi connectivity index (χ0v) is 18.0. The predicted octanol–water partition coefficient (Wildman–Crippen LogP) is 6.41. The van der Waals surface area contributed by atoms with Gasteiger partial charge in [-0.3, -0.25) is 9.69 Å². The highest BCUT2D eigenvalue weighted by Gasteiger charge is 2.38. The molecule has 0 aromatic heterocycles. The third-order valence-electron chi connectivity index (χ3n) is 5.25. The molecule has 0 bridgehead atoms. The molecular formula is C20H17Cl3F4N2O. The lowest BCUT2D eigenvalue weighted by Gasteiger charge is -2.29. The first kappa shape index (κ1) is 23.1. The largest absolute Gasteiger partial charge is 0.419 e. The van der Waals surface area contributed by atoms with Crippen molar-refractivity contribution in [1.29, 1.82) is 0 Å². The highest BCUT2D eigenvalue weighted by atomic mass is 35.5. The first-order valence-electron chi connectivity index (χ1n) is 8.92. The number of carbonyl (C=O) groups excluding carboxylic acids is 1. The molecule has 0 radical (unpaired) electrons. The minimum absolute atomic E-state index is 0.160. The van der Waals surface area contributed by atoms with Crippen LogP contribution in [0.25, 0.3) is 0 Å². The van der Waals surface area contributed by atoms with Gasteiger partial charge in [0.25, 0.3) is 0 Å². The van der Waals surface area contributed by atoms with Gasteiger partial charge in [0.15, 0.2) is 0 Å². The summed E-state index contributed by atoms with van der Waals surface area (Å²) in [6.45, 7) is 0.839. The summed E-state index contributed by atoms with van der Waals surface area (Å²) in [4.78, 5) is 15.0. The molecule has 1 amide bonds. The molecule has 2 atom stereocenters. The molecular weight excluding hydrogens is 467 g/mol. The van der Waals surface area contributed by atoms with Gasteiger partial charge in [-0.05, 0) is 54.0 Å². The summed E-state index contributed by atoms with van der Waals surface area (Å²) >= 11 is 17.8. The molecule has 2 aromatic rings. The fraction of sp³-hybridized carbons (Fsp3) is 0.350. The van der Waals surface area contributed by atoms with Gasteiger partial charge in [0.05, 0.1) is 15.6 Å². The summed E-state index contributed by atoms with van der Waals surface area (Å²) in [6.07, 6.45) is -4.75. The van der Waals surface area contributed by atoms with E-state index in [1.54, 1.807) is 25.2 Å². The van der Waals surface area contributed by atoms with Crippen LogP contribution in [0.15, 0.2) is 36.4 Å². The Morgan fingerprint density at radius 2 is 1.83 bits per heavy atom. The topological polar surface area (TPSA) is 23.6 Å². The Hall–Kier alpha value is -1.54. The first-order valence-corrected chi connectivity index (χ1v) is 10.1. The summed E-state index contributed by atoms with van der Waals surface area (Å²) in [7, 11) is 1.76. The van der Waals surface area contributed by atoms with Gasteiger partial charge >= 0.3 is 11.5 Å². The highest BCUT2D eigenvalue weighted by Crippen LogP contribution is 2.36. The van der Waals surface area contributed by atoms with Gasteiger partial charge in [-0.1, -0.05) is 35.3 Å². The van der Waals surface area contributed by atoms with Gasteiger partial charge < -0.3 is 4.90 Å². The molecule has 162 valence electrons. The number of likely N-dealkylation sites (tertiary alicyclic amines) is 1. The van der Waals surface area contributed by atoms with Crippen LogP contribution in [-0.4, -0.2) is 41.3 Å². The van der Waals surface area contributed by atoms with Crippen molar-refractivity contribution >= 4 is 40.2 Å². The van der Waals surface area contributed by atoms with E-state index in [0.717, 1.165) is 17.7 Å². The van der Waals surface area contributed by atoms with Gasteiger partial charge in [-0.15, -0.1) is 0 Å². The van der Waals surface area contributed by atoms with E-state index < -0.39 is 22.9 Å². The fourth-order valence-electron chi connectivity index (χ4n) is 3.74. The summed E-state index contributed by atoms with van der Waals surface area (Å²) < 4.78 is 52.3. The molecule has 3 rings (SSSR count). The van der Waals surface area contributed by atoms with Gasteiger partial charge in [0.2, 0.25) is 0 Å². The lowest BCUT2D eigenvalue weighted by atomic mass is 9.93. The van der Waals surface area contributed by atoms with Gasteiger partial charge in [-0.2, -0.15) is 13.2 Å². The average Bonchev–Trinajstić information content (AvgIpc) is 3.09. The van der Waals surface area contributed by atoms with E-state index in [9.17, 15) is 22.4 Å². The molecule has 3 nitrogen and oxygen atoms in total. The number of amides is 1. The molecule has 1 heterocycles. The van der Waals surface area contributed by atoms with E-state index in [1.165, 1.54) is 11.0 Å². The van der Waals surface area contributed by atoms with E-state index in [4.69, 9.17) is 34.8 Å². The molecule has 0 saturated carbocycles. The second kappa shape index (κ2) is 8.91. The maximum Gasteiger partial charge on any atom is 0.419 e. The standard InChI is InChI=1S/C20H17Cl3F4N2O/c1-28(8-11-2-4-14(17(24)6-11)20(25,26)27)18-10-29(19(23)30)9-13(18)12-3-5-15(21)16(22)7-12/h2-7,13,18H,8-10H2,1H3/t13-,18-/m1/s1. The van der Waals surface area contributed by atoms with Crippen LogP contribution in [0.3, 0.4) is 0 Å². The Labute approximate surface area is 186 Å². The molecule has 0 spiro atoms. The van der Waals surface area contributed by atoms with Crippen molar-refractivity contribution in [2.24, 2.45) is 0 Å². The molecule has 0 aliphatic carbocycles. The van der Waals surface area contributed by atoms with Crippen LogP contribution in [0.4, 0.5) is 22.4 Å². The van der Waals surface area contributed by atoms with Crippen LogP contribution in [0.5, 0.6) is 0 Å². The average molecular weight is 484 g/mol. The molecule has 10 heteroatoms. The van der Waals surface area contributed by atoms with Crippen LogP contribution in [0.1, 0.15) is 22.6 Å². The van der Waals surface area contributed by atoms with Crippen molar-refractivity contribution in [1.82, 2.24) is 9.80 Å². The minimum atomic E-state index is -4.75. The third kappa shape index (κ3) is 5.02. The number of benzene rings is 2. The zero-order chi connectivity index (χ0) is 22.2. The van der Waals surface area contributed by atoms with Crippen molar-refractivity contribution in [2.75, 3.05) is 20.1 Å². The monoisotopic (exact) mass is 482 g/mol. The van der Waals surface area contributed by atoms with Gasteiger partial charge in [0, 0.05) is 31.6 Å². The normalized spacial score (nSPS) is 19.6. The fourth-order valence-corrected chi connectivity index (χ4v) is 4.18. The maximum atomic E-state index is 13.9. The molecule has 30 heavy (non-hydrogen) atoms. The number of hydrogen-bond acceptors (Lipinski definition) is 2. The SMILES string of the molecule is CN(Cc1ccc(C(F)(F)F)c(F)c1)[C@@H]1CN(C(=O)Cl)C[C@@H]1c1ccc(Cl)c(Cl)c1. The molecule has 2 aromatic carbocycles. The smallest absolute Gasteiger partial charge is 0.327 e. The summed E-state index contributed by atoms with van der Waals surface area (Å²) in [6, 6.07) is 7.83. The van der Waals surface area contributed by atoms with E-state index in [0.29, 0.717) is 28.7 Å². The number of carbonyl (C=O) groups is 1. The van der Waals surface area contributed by atoms with E-state index in [2.05, 4.69) is 0 Å². The van der Waals surface area contributed by atoms with Crippen LogP contribution in [0, 0.1) is 5.82 Å². The molecule has 1 saturated heterocycles. The first-order chi connectivity index (χ1) is 14.0. The lowest BCUT2D eigenvalue weighted by molar-refractivity contribution is -0.140. The Bertz CT molecular complexity index is 954. The molecule has 1 fully saturated rings.